The van der Waals surface area contributed by atoms with Crippen LogP contribution in [0.3, 0.4) is 0 Å². The highest BCUT2D eigenvalue weighted by atomic mass is 35.5. The summed E-state index contributed by atoms with van der Waals surface area (Å²) in [4.78, 5) is 21.1. The first kappa shape index (κ1) is 23.3. The summed E-state index contributed by atoms with van der Waals surface area (Å²) in [6, 6.07) is 9.04. The molecule has 1 saturated carbocycles. The molecule has 0 bridgehead atoms. The number of hydrogen-bond donors (Lipinski definition) is 2. The number of anilines is 1. The molecular formula is C27H25ClFN5O. The van der Waals surface area contributed by atoms with Gasteiger partial charge < -0.3 is 11.1 Å². The van der Waals surface area contributed by atoms with Gasteiger partial charge in [0.15, 0.2) is 0 Å². The number of fused-ring (bicyclic) bond motifs is 2. The highest BCUT2D eigenvalue weighted by Gasteiger charge is 2.53. The van der Waals surface area contributed by atoms with Gasteiger partial charge in [0.2, 0.25) is 5.91 Å². The van der Waals surface area contributed by atoms with Crippen molar-refractivity contribution in [3.05, 3.63) is 64.2 Å². The summed E-state index contributed by atoms with van der Waals surface area (Å²) in [6.07, 6.45) is 5.38. The van der Waals surface area contributed by atoms with E-state index in [0.717, 1.165) is 23.1 Å². The molecule has 178 valence electrons. The molecule has 2 aromatic heterocycles. The van der Waals surface area contributed by atoms with Crippen molar-refractivity contribution in [1.29, 1.82) is 5.26 Å². The number of aromatic nitrogens is 2. The number of nitrogens with two attached hydrogens (primary N) is 1. The predicted octanol–water partition coefficient (Wildman–Crippen LogP) is 5.32. The number of carbonyl (C=O) groups is 1. The second-order valence-electron chi connectivity index (χ2n) is 9.89. The lowest BCUT2D eigenvalue weighted by Crippen LogP contribution is -2.35. The zero-order chi connectivity index (χ0) is 25.0. The molecular weight excluding hydrogens is 465 g/mol. The molecule has 35 heavy (non-hydrogen) atoms. The molecule has 1 aromatic carbocycles. The van der Waals surface area contributed by atoms with Crippen molar-refractivity contribution in [3.8, 4) is 28.5 Å². The molecule has 1 aliphatic carbocycles. The fourth-order valence-electron chi connectivity index (χ4n) is 5.70. The number of pyridine rings is 2. The average molecular weight is 490 g/mol. The molecule has 2 aliphatic rings. The van der Waals surface area contributed by atoms with Crippen LogP contribution in [0.5, 0.6) is 0 Å². The van der Waals surface area contributed by atoms with E-state index in [0.29, 0.717) is 52.6 Å². The maximum atomic E-state index is 16.0. The van der Waals surface area contributed by atoms with Gasteiger partial charge in [0, 0.05) is 52.0 Å². The second-order valence-corrected chi connectivity index (χ2v) is 10.3. The Kier molecular flexibility index (Phi) is 5.52. The zero-order valence-electron chi connectivity index (χ0n) is 19.6. The van der Waals surface area contributed by atoms with Crippen molar-refractivity contribution in [3.63, 3.8) is 0 Å². The van der Waals surface area contributed by atoms with Gasteiger partial charge in [-0.2, -0.15) is 5.26 Å². The summed E-state index contributed by atoms with van der Waals surface area (Å²) in [6.45, 7) is 4.35. The molecule has 3 N–H and O–H groups in total. The molecule has 8 heteroatoms. The summed E-state index contributed by atoms with van der Waals surface area (Å²) in [5, 5.41) is 12.9. The Balaban J connectivity index is 1.62. The van der Waals surface area contributed by atoms with E-state index in [4.69, 9.17) is 22.6 Å². The molecule has 0 radical (unpaired) electrons. The Morgan fingerprint density at radius 1 is 1.26 bits per heavy atom. The van der Waals surface area contributed by atoms with Crippen LogP contribution in [0.25, 0.3) is 22.4 Å². The molecule has 1 aliphatic heterocycles. The highest BCUT2D eigenvalue weighted by molar-refractivity contribution is 6.34. The van der Waals surface area contributed by atoms with Crippen LogP contribution in [0.4, 0.5) is 10.2 Å². The number of primary amides is 1. The minimum absolute atomic E-state index is 0.225. The summed E-state index contributed by atoms with van der Waals surface area (Å²) in [7, 11) is 0. The predicted molar refractivity (Wildman–Crippen MR) is 133 cm³/mol. The van der Waals surface area contributed by atoms with E-state index < -0.39 is 11.2 Å². The molecule has 0 saturated heterocycles. The zero-order valence-corrected chi connectivity index (χ0v) is 20.3. The first-order valence-corrected chi connectivity index (χ1v) is 11.9. The molecule has 1 fully saturated rings. The Morgan fingerprint density at radius 3 is 2.74 bits per heavy atom. The summed E-state index contributed by atoms with van der Waals surface area (Å²) < 4.78 is 16.0. The number of benzene rings is 1. The molecule has 5 rings (SSSR count). The normalized spacial score (nSPS) is 22.6. The number of nitriles is 1. The maximum Gasteiger partial charge on any atom is 0.223 e. The number of rotatable bonds is 4. The number of carbonyl (C=O) groups excluding carboxylic acids is 1. The highest BCUT2D eigenvalue weighted by Crippen LogP contribution is 2.57. The van der Waals surface area contributed by atoms with Gasteiger partial charge in [0.05, 0.1) is 23.2 Å². The SMILES string of the molecule is Cc1c(CC#N)ccnc1-c1cccc(-c2cnc3c(c2Cl)C2(CCC(C)(C(N)=O)C2)CN3)c1F. The van der Waals surface area contributed by atoms with Crippen molar-refractivity contribution < 1.29 is 9.18 Å². The first-order valence-electron chi connectivity index (χ1n) is 11.5. The fourth-order valence-corrected chi connectivity index (χ4v) is 6.14. The molecule has 2 atom stereocenters. The van der Waals surface area contributed by atoms with Crippen LogP contribution in [-0.2, 0) is 16.6 Å². The summed E-state index contributed by atoms with van der Waals surface area (Å²) in [5.74, 6) is -0.0942. The third-order valence-electron chi connectivity index (χ3n) is 7.75. The lowest BCUT2D eigenvalue weighted by molar-refractivity contribution is -0.126. The van der Waals surface area contributed by atoms with E-state index >= 15 is 4.39 Å². The van der Waals surface area contributed by atoms with E-state index in [-0.39, 0.29) is 17.7 Å². The van der Waals surface area contributed by atoms with Crippen LogP contribution in [-0.4, -0.2) is 22.4 Å². The van der Waals surface area contributed by atoms with E-state index in [2.05, 4.69) is 21.4 Å². The average Bonchev–Trinajstić information content (AvgIpc) is 3.37. The molecule has 1 spiro atoms. The van der Waals surface area contributed by atoms with Gasteiger partial charge in [0.1, 0.15) is 11.6 Å². The van der Waals surface area contributed by atoms with Crippen molar-refractivity contribution >= 4 is 23.3 Å². The van der Waals surface area contributed by atoms with E-state index in [1.54, 1.807) is 36.7 Å². The van der Waals surface area contributed by atoms with Gasteiger partial charge in [-0.3, -0.25) is 9.78 Å². The number of nitrogens with one attached hydrogen (secondary N) is 1. The van der Waals surface area contributed by atoms with Crippen LogP contribution in [0.1, 0.15) is 42.9 Å². The van der Waals surface area contributed by atoms with Gasteiger partial charge in [-0.1, -0.05) is 30.7 Å². The van der Waals surface area contributed by atoms with Gasteiger partial charge in [0.25, 0.3) is 0 Å². The Morgan fingerprint density at radius 2 is 2.03 bits per heavy atom. The van der Waals surface area contributed by atoms with Crippen molar-refractivity contribution in [2.75, 3.05) is 11.9 Å². The first-order chi connectivity index (χ1) is 16.7. The lowest BCUT2D eigenvalue weighted by Gasteiger charge is -2.27. The smallest absolute Gasteiger partial charge is 0.223 e. The number of halogens is 2. The Bertz CT molecular complexity index is 1420. The van der Waals surface area contributed by atoms with Gasteiger partial charge in [-0.05, 0) is 49.4 Å². The maximum absolute atomic E-state index is 16.0. The topological polar surface area (TPSA) is 105 Å². The van der Waals surface area contributed by atoms with Crippen LogP contribution in [0.15, 0.2) is 36.7 Å². The van der Waals surface area contributed by atoms with E-state index in [1.807, 2.05) is 13.8 Å². The van der Waals surface area contributed by atoms with Gasteiger partial charge in [-0.25, -0.2) is 9.37 Å². The largest absolute Gasteiger partial charge is 0.369 e. The van der Waals surface area contributed by atoms with Crippen molar-refractivity contribution in [1.82, 2.24) is 9.97 Å². The van der Waals surface area contributed by atoms with E-state index in [1.165, 1.54) is 0 Å². The minimum atomic E-state index is -0.620. The third-order valence-corrected chi connectivity index (χ3v) is 8.14. The molecule has 1 amide bonds. The second kappa shape index (κ2) is 8.31. The van der Waals surface area contributed by atoms with Gasteiger partial charge in [-0.15, -0.1) is 0 Å². The fraction of sp³-hybridized carbons (Fsp3) is 0.333. The van der Waals surface area contributed by atoms with Crippen LogP contribution < -0.4 is 11.1 Å². The third kappa shape index (κ3) is 3.55. The van der Waals surface area contributed by atoms with Crippen LogP contribution >= 0.6 is 11.6 Å². The van der Waals surface area contributed by atoms with E-state index in [9.17, 15) is 4.79 Å². The Labute approximate surface area is 208 Å². The standard InChI is InChI=1S/C27H25ClFN5O/c1-15-16(6-10-30)7-11-32-23(15)18-5-3-4-17(22(18)29)19-12-33-24-20(21(19)28)27(14-34-24)9-8-26(2,13-27)25(31)35/h3-5,7,11-12H,6,8-9,13-14H2,1-2H3,(H2,31,35)(H,33,34). The quantitative estimate of drug-likeness (QED) is 0.516. The number of hydrogen-bond acceptors (Lipinski definition) is 5. The lowest BCUT2D eigenvalue weighted by atomic mass is 9.76. The monoisotopic (exact) mass is 489 g/mol. The number of amides is 1. The minimum Gasteiger partial charge on any atom is -0.369 e. The van der Waals surface area contributed by atoms with Crippen LogP contribution in [0, 0.1) is 29.5 Å². The van der Waals surface area contributed by atoms with Gasteiger partial charge >= 0.3 is 0 Å². The molecule has 3 heterocycles. The number of nitrogens with zero attached hydrogens (tertiary/aromatic N) is 3. The molecule has 6 nitrogen and oxygen atoms in total. The van der Waals surface area contributed by atoms with Crippen molar-refractivity contribution in [2.45, 2.75) is 44.9 Å². The van der Waals surface area contributed by atoms with Crippen LogP contribution in [0.2, 0.25) is 5.02 Å². The van der Waals surface area contributed by atoms with Crippen molar-refractivity contribution in [2.24, 2.45) is 11.1 Å². The summed E-state index contributed by atoms with van der Waals surface area (Å²) in [5.41, 5.74) is 8.78. The molecule has 3 aromatic rings. The Hall–Kier alpha value is -3.50. The summed E-state index contributed by atoms with van der Waals surface area (Å²) >= 11 is 6.98. The molecule has 2 unspecified atom stereocenters.